The van der Waals surface area contributed by atoms with E-state index in [9.17, 15) is 0 Å². The van der Waals surface area contributed by atoms with E-state index < -0.39 is 0 Å². The third-order valence-corrected chi connectivity index (χ3v) is 4.56. The van der Waals surface area contributed by atoms with Crippen LogP contribution in [0.5, 0.6) is 0 Å². The Morgan fingerprint density at radius 2 is 1.55 bits per heavy atom. The summed E-state index contributed by atoms with van der Waals surface area (Å²) in [7, 11) is 0. The van der Waals surface area contributed by atoms with Crippen LogP contribution in [0.25, 0.3) is 0 Å². The molecule has 106 valence electrons. The van der Waals surface area contributed by atoms with Crippen molar-refractivity contribution >= 4 is 11.6 Å². The SMILES string of the molecule is Cc1cc(C)c(C)c(C(N)Cc2ccccc2Cl)c1C. The van der Waals surface area contributed by atoms with Crippen molar-refractivity contribution in [3.05, 3.63) is 68.7 Å². The molecule has 0 aliphatic heterocycles. The van der Waals surface area contributed by atoms with E-state index in [1.54, 1.807) is 0 Å². The molecule has 20 heavy (non-hydrogen) atoms. The number of benzene rings is 2. The molecule has 0 saturated carbocycles. The van der Waals surface area contributed by atoms with Gasteiger partial charge in [-0.05, 0) is 73.6 Å². The van der Waals surface area contributed by atoms with Crippen molar-refractivity contribution in [2.75, 3.05) is 0 Å². The van der Waals surface area contributed by atoms with Gasteiger partial charge in [-0.1, -0.05) is 35.9 Å². The second kappa shape index (κ2) is 5.99. The van der Waals surface area contributed by atoms with Gasteiger partial charge in [0.1, 0.15) is 0 Å². The number of nitrogens with two attached hydrogens (primary N) is 1. The van der Waals surface area contributed by atoms with Crippen LogP contribution in [0.15, 0.2) is 30.3 Å². The van der Waals surface area contributed by atoms with Gasteiger partial charge in [0, 0.05) is 11.1 Å². The highest BCUT2D eigenvalue weighted by Crippen LogP contribution is 2.29. The van der Waals surface area contributed by atoms with Crippen molar-refractivity contribution in [1.29, 1.82) is 0 Å². The van der Waals surface area contributed by atoms with Gasteiger partial charge in [0.05, 0.1) is 0 Å². The first-order chi connectivity index (χ1) is 9.41. The van der Waals surface area contributed by atoms with E-state index in [2.05, 4.69) is 39.8 Å². The molecular formula is C18H22ClN. The molecule has 0 bridgehead atoms. The summed E-state index contributed by atoms with van der Waals surface area (Å²) < 4.78 is 0. The number of halogens is 1. The highest BCUT2D eigenvalue weighted by atomic mass is 35.5. The van der Waals surface area contributed by atoms with Gasteiger partial charge >= 0.3 is 0 Å². The summed E-state index contributed by atoms with van der Waals surface area (Å²) in [6.45, 7) is 8.61. The topological polar surface area (TPSA) is 26.0 Å². The highest BCUT2D eigenvalue weighted by Gasteiger charge is 2.16. The summed E-state index contributed by atoms with van der Waals surface area (Å²) in [6, 6.07) is 10.1. The molecule has 0 aromatic heterocycles. The first-order valence-corrected chi connectivity index (χ1v) is 7.36. The van der Waals surface area contributed by atoms with Gasteiger partial charge in [0.25, 0.3) is 0 Å². The number of rotatable bonds is 3. The molecule has 2 aromatic carbocycles. The van der Waals surface area contributed by atoms with E-state index in [0.717, 1.165) is 17.0 Å². The third kappa shape index (κ3) is 2.89. The Labute approximate surface area is 126 Å². The van der Waals surface area contributed by atoms with Gasteiger partial charge in [-0.25, -0.2) is 0 Å². The van der Waals surface area contributed by atoms with E-state index >= 15 is 0 Å². The van der Waals surface area contributed by atoms with Crippen molar-refractivity contribution in [1.82, 2.24) is 0 Å². The lowest BCUT2D eigenvalue weighted by atomic mass is 9.87. The van der Waals surface area contributed by atoms with Crippen LogP contribution in [0.4, 0.5) is 0 Å². The Balaban J connectivity index is 2.40. The minimum absolute atomic E-state index is 0.0199. The summed E-state index contributed by atoms with van der Waals surface area (Å²) in [4.78, 5) is 0. The van der Waals surface area contributed by atoms with Crippen LogP contribution in [0.3, 0.4) is 0 Å². The molecular weight excluding hydrogens is 266 g/mol. The van der Waals surface area contributed by atoms with Crippen molar-refractivity contribution in [2.24, 2.45) is 5.73 Å². The van der Waals surface area contributed by atoms with Gasteiger partial charge < -0.3 is 5.73 Å². The van der Waals surface area contributed by atoms with Crippen molar-refractivity contribution in [3.8, 4) is 0 Å². The first kappa shape index (κ1) is 15.1. The summed E-state index contributed by atoms with van der Waals surface area (Å²) in [6.07, 6.45) is 0.768. The first-order valence-electron chi connectivity index (χ1n) is 6.98. The van der Waals surface area contributed by atoms with Crippen molar-refractivity contribution < 1.29 is 0 Å². The molecule has 1 nitrogen and oxygen atoms in total. The predicted octanol–water partition coefficient (Wildman–Crippen LogP) is 4.82. The maximum absolute atomic E-state index is 6.48. The molecule has 2 rings (SSSR count). The normalized spacial score (nSPS) is 12.5. The van der Waals surface area contributed by atoms with E-state index in [1.807, 2.05) is 18.2 Å². The molecule has 0 aliphatic rings. The van der Waals surface area contributed by atoms with Crippen LogP contribution >= 0.6 is 11.6 Å². The van der Waals surface area contributed by atoms with E-state index in [1.165, 1.54) is 27.8 Å². The molecule has 0 radical (unpaired) electrons. The molecule has 0 spiro atoms. The lowest BCUT2D eigenvalue weighted by Gasteiger charge is -2.21. The minimum Gasteiger partial charge on any atom is -0.324 e. The zero-order valence-electron chi connectivity index (χ0n) is 12.6. The fourth-order valence-corrected chi connectivity index (χ4v) is 3.02. The smallest absolute Gasteiger partial charge is 0.0438 e. The molecule has 2 aromatic rings. The highest BCUT2D eigenvalue weighted by molar-refractivity contribution is 6.31. The van der Waals surface area contributed by atoms with Gasteiger partial charge in [0.15, 0.2) is 0 Å². The van der Waals surface area contributed by atoms with Crippen LogP contribution in [-0.4, -0.2) is 0 Å². The largest absolute Gasteiger partial charge is 0.324 e. The molecule has 0 saturated heterocycles. The minimum atomic E-state index is -0.0199. The van der Waals surface area contributed by atoms with Gasteiger partial charge in [-0.3, -0.25) is 0 Å². The fourth-order valence-electron chi connectivity index (χ4n) is 2.81. The van der Waals surface area contributed by atoms with Gasteiger partial charge in [0.2, 0.25) is 0 Å². The second-order valence-electron chi connectivity index (χ2n) is 5.58. The Kier molecular flexibility index (Phi) is 4.52. The molecule has 1 atom stereocenters. The maximum atomic E-state index is 6.48. The van der Waals surface area contributed by atoms with E-state index in [-0.39, 0.29) is 6.04 Å². The lowest BCUT2D eigenvalue weighted by Crippen LogP contribution is -2.17. The number of hydrogen-bond donors (Lipinski definition) is 1. The van der Waals surface area contributed by atoms with Gasteiger partial charge in [-0.15, -0.1) is 0 Å². The number of hydrogen-bond acceptors (Lipinski definition) is 1. The molecule has 1 unspecified atom stereocenters. The predicted molar refractivity (Wildman–Crippen MR) is 87.5 cm³/mol. The van der Waals surface area contributed by atoms with Crippen LogP contribution in [0, 0.1) is 27.7 Å². The molecule has 0 fully saturated rings. The second-order valence-corrected chi connectivity index (χ2v) is 5.98. The summed E-state index contributed by atoms with van der Waals surface area (Å²) in [5.74, 6) is 0. The van der Waals surface area contributed by atoms with E-state index in [0.29, 0.717) is 0 Å². The van der Waals surface area contributed by atoms with Crippen LogP contribution in [-0.2, 0) is 6.42 Å². The van der Waals surface area contributed by atoms with Crippen molar-refractivity contribution in [3.63, 3.8) is 0 Å². The Hall–Kier alpha value is -1.31. The summed E-state index contributed by atoms with van der Waals surface area (Å²) in [5.41, 5.74) is 14.1. The fraction of sp³-hybridized carbons (Fsp3) is 0.333. The summed E-state index contributed by atoms with van der Waals surface area (Å²) in [5, 5.41) is 0.794. The average Bonchev–Trinajstić information content (AvgIpc) is 2.39. The maximum Gasteiger partial charge on any atom is 0.0438 e. The van der Waals surface area contributed by atoms with Crippen molar-refractivity contribution in [2.45, 2.75) is 40.2 Å². The molecule has 0 aliphatic carbocycles. The summed E-state index contributed by atoms with van der Waals surface area (Å²) >= 11 is 6.24. The van der Waals surface area contributed by atoms with Crippen LogP contribution in [0.1, 0.15) is 39.4 Å². The average molecular weight is 288 g/mol. The van der Waals surface area contributed by atoms with E-state index in [4.69, 9.17) is 17.3 Å². The Bertz CT molecular complexity index is 605. The lowest BCUT2D eigenvalue weighted by molar-refractivity contribution is 0.709. The third-order valence-electron chi connectivity index (χ3n) is 4.19. The molecule has 0 amide bonds. The Morgan fingerprint density at radius 1 is 1.00 bits per heavy atom. The standard InChI is InChI=1S/C18H22ClN/c1-11-9-12(2)14(4)18(13(11)3)17(20)10-15-7-5-6-8-16(15)19/h5-9,17H,10,20H2,1-4H3. The van der Waals surface area contributed by atoms with Gasteiger partial charge in [-0.2, -0.15) is 0 Å². The zero-order chi connectivity index (χ0) is 14.9. The molecule has 2 N–H and O–H groups in total. The zero-order valence-corrected chi connectivity index (χ0v) is 13.4. The van der Waals surface area contributed by atoms with Crippen LogP contribution in [0.2, 0.25) is 5.02 Å². The number of aryl methyl sites for hydroxylation is 2. The van der Waals surface area contributed by atoms with Crippen LogP contribution < -0.4 is 5.73 Å². The quantitative estimate of drug-likeness (QED) is 0.861. The Morgan fingerprint density at radius 3 is 2.10 bits per heavy atom. The molecule has 2 heteroatoms. The monoisotopic (exact) mass is 287 g/mol. The molecule has 0 heterocycles.